The molecule has 52 heavy (non-hydrogen) atoms. The zero-order valence-corrected chi connectivity index (χ0v) is 28.6. The van der Waals surface area contributed by atoms with Gasteiger partial charge in [-0.1, -0.05) is 109 Å². The van der Waals surface area contributed by atoms with Gasteiger partial charge in [-0.05, 0) is 71.3 Å². The summed E-state index contributed by atoms with van der Waals surface area (Å²) in [7, 11) is 0. The lowest BCUT2D eigenvalue weighted by atomic mass is 9.66. The van der Waals surface area contributed by atoms with E-state index in [0.717, 1.165) is 94.4 Å². The van der Waals surface area contributed by atoms with E-state index in [1.54, 1.807) is 11.8 Å². The Morgan fingerprint density at radius 2 is 1.25 bits per heavy atom. The molecule has 6 heteroatoms. The number of hydrogen-bond donors (Lipinski definition) is 0. The van der Waals surface area contributed by atoms with Gasteiger partial charge in [0.15, 0.2) is 0 Å². The van der Waals surface area contributed by atoms with E-state index in [9.17, 15) is 0 Å². The van der Waals surface area contributed by atoms with Crippen molar-refractivity contribution in [2.75, 3.05) is 4.90 Å². The van der Waals surface area contributed by atoms with Crippen molar-refractivity contribution in [3.63, 3.8) is 0 Å². The molecule has 3 aromatic heterocycles. The average molecular weight is 685 g/mol. The summed E-state index contributed by atoms with van der Waals surface area (Å²) in [6.45, 7) is 0. The van der Waals surface area contributed by atoms with Crippen LogP contribution in [0.3, 0.4) is 0 Å². The van der Waals surface area contributed by atoms with Gasteiger partial charge in [0, 0.05) is 45.7 Å². The molecular weight excluding hydrogens is 657 g/mol. The van der Waals surface area contributed by atoms with Gasteiger partial charge >= 0.3 is 0 Å². The number of hydrogen-bond acceptors (Lipinski definition) is 6. The van der Waals surface area contributed by atoms with Gasteiger partial charge in [0.05, 0.1) is 44.5 Å². The highest BCUT2D eigenvalue weighted by molar-refractivity contribution is 7.99. The molecule has 0 fully saturated rings. The third-order valence-corrected chi connectivity index (χ3v) is 11.7. The molecule has 0 amide bonds. The molecule has 1 aliphatic carbocycles. The molecule has 3 aliphatic rings. The Morgan fingerprint density at radius 1 is 0.519 bits per heavy atom. The highest BCUT2D eigenvalue weighted by Crippen LogP contribution is 2.65. The van der Waals surface area contributed by atoms with Crippen molar-refractivity contribution in [2.45, 2.75) is 15.2 Å². The van der Waals surface area contributed by atoms with Crippen LogP contribution in [0.4, 0.5) is 17.1 Å². The molecule has 0 saturated heterocycles. The van der Waals surface area contributed by atoms with Crippen molar-refractivity contribution in [1.29, 1.82) is 0 Å². The molecule has 1 atom stereocenters. The predicted octanol–water partition coefficient (Wildman–Crippen LogP) is 11.6. The highest BCUT2D eigenvalue weighted by Gasteiger charge is 2.53. The van der Waals surface area contributed by atoms with Gasteiger partial charge in [0.2, 0.25) is 0 Å². The van der Waals surface area contributed by atoms with Crippen LogP contribution in [0.1, 0.15) is 22.3 Å². The number of ether oxygens (including phenoxy) is 1. The first-order chi connectivity index (χ1) is 25.8. The summed E-state index contributed by atoms with van der Waals surface area (Å²) in [5, 5.41) is 0. The summed E-state index contributed by atoms with van der Waals surface area (Å²) in [6, 6.07) is 53.4. The maximum absolute atomic E-state index is 7.10. The summed E-state index contributed by atoms with van der Waals surface area (Å²) in [5.41, 5.74) is 13.1. The Kier molecular flexibility index (Phi) is 6.33. The van der Waals surface area contributed by atoms with Crippen LogP contribution in [0, 0.1) is 0 Å². The van der Waals surface area contributed by atoms with E-state index in [0.29, 0.717) is 0 Å². The average Bonchev–Trinajstić information content (AvgIpc) is 3.50. The van der Waals surface area contributed by atoms with Crippen LogP contribution in [-0.2, 0) is 5.41 Å². The Balaban J connectivity index is 1.19. The second kappa shape index (κ2) is 11.3. The molecule has 8 aromatic rings. The van der Waals surface area contributed by atoms with E-state index in [1.807, 2.05) is 30.7 Å². The molecule has 2 aliphatic heterocycles. The number of benzene rings is 5. The van der Waals surface area contributed by atoms with Gasteiger partial charge in [-0.15, -0.1) is 0 Å². The topological polar surface area (TPSA) is 51.1 Å². The molecular formula is C46H28N4OS. The first-order valence-corrected chi connectivity index (χ1v) is 18.2. The maximum Gasteiger partial charge on any atom is 0.148 e. The summed E-state index contributed by atoms with van der Waals surface area (Å²) in [5.74, 6) is 1.69. The van der Waals surface area contributed by atoms with E-state index in [2.05, 4.69) is 149 Å². The van der Waals surface area contributed by atoms with Gasteiger partial charge in [-0.25, -0.2) is 4.98 Å². The molecule has 0 bridgehead atoms. The lowest BCUT2D eigenvalue weighted by Crippen LogP contribution is -2.33. The lowest BCUT2D eigenvalue weighted by molar-refractivity contribution is 0.426. The Bertz CT molecular complexity index is 2720. The van der Waals surface area contributed by atoms with E-state index in [4.69, 9.17) is 14.7 Å². The highest BCUT2D eigenvalue weighted by atomic mass is 32.2. The fourth-order valence-electron chi connectivity index (χ4n) is 8.35. The zero-order chi connectivity index (χ0) is 34.2. The smallest absolute Gasteiger partial charge is 0.148 e. The summed E-state index contributed by atoms with van der Waals surface area (Å²) in [6.07, 6.45) is 5.58. The van der Waals surface area contributed by atoms with Crippen LogP contribution in [0.25, 0.3) is 33.8 Å². The largest absolute Gasteiger partial charge is 0.455 e. The molecule has 5 nitrogen and oxygen atoms in total. The van der Waals surface area contributed by atoms with Crippen molar-refractivity contribution in [1.82, 2.24) is 15.0 Å². The molecule has 0 radical (unpaired) electrons. The van der Waals surface area contributed by atoms with Crippen molar-refractivity contribution >= 4 is 28.8 Å². The monoisotopic (exact) mass is 684 g/mol. The number of pyridine rings is 3. The minimum atomic E-state index is -0.683. The van der Waals surface area contributed by atoms with Gasteiger partial charge in [-0.3, -0.25) is 9.97 Å². The standard InChI is InChI=1S/C46H28N4OS/c1-2-11-30(12-3-1)36-22-20-34-43(49-36)42-33(15-10-26-48-42)46(34)32-14-5-8-18-40(32)51-44-35(46)21-23-39-45(44)52-41-19-9-7-17-38(41)50(39)37-16-6-4-13-31(37)29-24-27-47-28-25-29/h1-28H. The molecule has 11 rings (SSSR count). The molecule has 244 valence electrons. The SMILES string of the molecule is c1ccc(-c2ccc3c(n2)-c2ncccc2C32c3ccccc3Oc3c2ccc2c3Sc3ccccc3N2c2ccccc2-c2ccncc2)cc1. The first-order valence-electron chi connectivity index (χ1n) is 17.3. The number of rotatable bonds is 3. The molecule has 0 saturated carbocycles. The summed E-state index contributed by atoms with van der Waals surface area (Å²) in [4.78, 5) is 19.3. The minimum Gasteiger partial charge on any atom is -0.455 e. The zero-order valence-electron chi connectivity index (χ0n) is 27.8. The van der Waals surface area contributed by atoms with Gasteiger partial charge < -0.3 is 9.64 Å². The lowest BCUT2D eigenvalue weighted by Gasteiger charge is -2.42. The second-order valence-electron chi connectivity index (χ2n) is 13.2. The van der Waals surface area contributed by atoms with Crippen LogP contribution in [0.2, 0.25) is 0 Å². The van der Waals surface area contributed by atoms with Crippen LogP contribution in [-0.4, -0.2) is 15.0 Å². The molecule has 5 heterocycles. The number of anilines is 3. The Morgan fingerprint density at radius 3 is 2.15 bits per heavy atom. The van der Waals surface area contributed by atoms with Crippen molar-refractivity contribution < 1.29 is 4.74 Å². The number of para-hydroxylation sites is 3. The predicted molar refractivity (Wildman–Crippen MR) is 207 cm³/mol. The van der Waals surface area contributed by atoms with Crippen molar-refractivity contribution in [3.05, 3.63) is 193 Å². The fraction of sp³-hybridized carbons (Fsp3) is 0.0217. The van der Waals surface area contributed by atoms with Gasteiger partial charge in [0.25, 0.3) is 0 Å². The molecule has 1 unspecified atom stereocenters. The fourth-order valence-corrected chi connectivity index (χ4v) is 9.49. The molecule has 0 N–H and O–H groups in total. The van der Waals surface area contributed by atoms with E-state index in [1.165, 1.54) is 0 Å². The van der Waals surface area contributed by atoms with Crippen molar-refractivity contribution in [3.8, 4) is 45.3 Å². The second-order valence-corrected chi connectivity index (χ2v) is 14.2. The van der Waals surface area contributed by atoms with Crippen molar-refractivity contribution in [2.24, 2.45) is 0 Å². The molecule has 5 aromatic carbocycles. The Hall–Kier alpha value is -6.50. The first kappa shape index (κ1) is 29.3. The van der Waals surface area contributed by atoms with Crippen LogP contribution in [0.15, 0.2) is 180 Å². The number of nitrogens with zero attached hydrogens (tertiary/aromatic N) is 4. The van der Waals surface area contributed by atoms with Gasteiger partial charge in [-0.2, -0.15) is 0 Å². The quantitative estimate of drug-likeness (QED) is 0.185. The maximum atomic E-state index is 7.10. The van der Waals surface area contributed by atoms with Crippen LogP contribution < -0.4 is 9.64 Å². The Labute approximate surface area is 305 Å². The minimum absolute atomic E-state index is 0.683. The summed E-state index contributed by atoms with van der Waals surface area (Å²) < 4.78 is 7.10. The third-order valence-electron chi connectivity index (χ3n) is 10.5. The van der Waals surface area contributed by atoms with E-state index in [-0.39, 0.29) is 0 Å². The van der Waals surface area contributed by atoms with Crippen LogP contribution >= 0.6 is 11.8 Å². The van der Waals surface area contributed by atoms with E-state index < -0.39 is 5.41 Å². The number of aromatic nitrogens is 3. The molecule has 1 spiro atoms. The normalized spacial score (nSPS) is 15.8. The van der Waals surface area contributed by atoms with Crippen LogP contribution in [0.5, 0.6) is 11.5 Å². The third kappa shape index (κ3) is 4.04. The van der Waals surface area contributed by atoms with E-state index >= 15 is 0 Å². The number of fused-ring (bicyclic) bond motifs is 12. The van der Waals surface area contributed by atoms with Gasteiger partial charge in [0.1, 0.15) is 11.5 Å². The summed E-state index contributed by atoms with van der Waals surface area (Å²) >= 11 is 1.77.